The molecule has 0 N–H and O–H groups in total. The number of carbonyl (C=O) groups is 1. The first-order chi connectivity index (χ1) is 7.72. The van der Waals surface area contributed by atoms with Gasteiger partial charge >= 0.3 is 0 Å². The molecule has 1 heterocycles. The van der Waals surface area contributed by atoms with Crippen molar-refractivity contribution in [2.45, 2.75) is 26.2 Å². The lowest BCUT2D eigenvalue weighted by atomic mass is 10.1. The number of hydrogen-bond acceptors (Lipinski definition) is 2. The molecule has 1 amide bonds. The van der Waals surface area contributed by atoms with Crippen LogP contribution in [-0.2, 0) is 11.2 Å². The van der Waals surface area contributed by atoms with Crippen LogP contribution in [-0.4, -0.2) is 12.5 Å². The summed E-state index contributed by atoms with van der Waals surface area (Å²) >= 11 is 0. The molecule has 0 aliphatic carbocycles. The fourth-order valence-electron chi connectivity index (χ4n) is 2.08. The minimum atomic E-state index is 0.0610. The molecule has 1 aromatic rings. The van der Waals surface area contributed by atoms with E-state index in [1.807, 2.05) is 13.0 Å². The van der Waals surface area contributed by atoms with Crippen molar-refractivity contribution >= 4 is 11.6 Å². The van der Waals surface area contributed by atoms with Crippen molar-refractivity contribution in [3.05, 3.63) is 29.3 Å². The number of carbonyl (C=O) groups excluding carboxylic acids is 1. The maximum Gasteiger partial charge on any atom is 0.227 e. The Hall–Kier alpha value is -1.82. The summed E-state index contributed by atoms with van der Waals surface area (Å²) in [5, 5.41) is 8.78. The number of nitrogens with zero attached hydrogens (tertiary/aromatic N) is 2. The predicted octanol–water partition coefficient (Wildman–Crippen LogP) is 2.19. The highest BCUT2D eigenvalue weighted by molar-refractivity contribution is 5.95. The summed E-state index contributed by atoms with van der Waals surface area (Å²) in [6.45, 7) is 2.15. The van der Waals surface area contributed by atoms with E-state index in [4.69, 9.17) is 5.26 Å². The normalized spacial score (nSPS) is 15.2. The second-order valence-electron chi connectivity index (χ2n) is 4.12. The third-order valence-electron chi connectivity index (χ3n) is 2.90. The SMILES string of the molecule is Cc1ccc2c(c1)N(CC#N)C(=O)CCC2. The molecule has 0 spiro atoms. The fraction of sp³-hybridized carbons (Fsp3) is 0.385. The van der Waals surface area contributed by atoms with Crippen molar-refractivity contribution in [3.8, 4) is 6.07 Å². The first-order valence-corrected chi connectivity index (χ1v) is 5.49. The van der Waals surface area contributed by atoms with E-state index in [-0.39, 0.29) is 12.5 Å². The molecule has 2 rings (SSSR count). The Kier molecular flexibility index (Phi) is 2.91. The van der Waals surface area contributed by atoms with Gasteiger partial charge in [-0.25, -0.2) is 0 Å². The Morgan fingerprint density at radius 3 is 3.00 bits per heavy atom. The van der Waals surface area contributed by atoms with Gasteiger partial charge in [-0.2, -0.15) is 5.26 Å². The van der Waals surface area contributed by atoms with Gasteiger partial charge in [0.15, 0.2) is 0 Å². The van der Waals surface area contributed by atoms with Crippen LogP contribution in [0, 0.1) is 18.3 Å². The molecular formula is C13H14N2O. The van der Waals surface area contributed by atoms with Gasteiger partial charge in [-0.1, -0.05) is 12.1 Å². The topological polar surface area (TPSA) is 44.1 Å². The van der Waals surface area contributed by atoms with E-state index >= 15 is 0 Å². The van der Waals surface area contributed by atoms with Crippen LogP contribution in [0.1, 0.15) is 24.0 Å². The van der Waals surface area contributed by atoms with Gasteiger partial charge in [0, 0.05) is 12.1 Å². The molecule has 0 radical (unpaired) electrons. The summed E-state index contributed by atoms with van der Waals surface area (Å²) < 4.78 is 0. The predicted molar refractivity (Wildman–Crippen MR) is 62.1 cm³/mol. The first-order valence-electron chi connectivity index (χ1n) is 5.49. The molecule has 82 valence electrons. The van der Waals surface area contributed by atoms with Gasteiger partial charge in [-0.05, 0) is 37.0 Å². The summed E-state index contributed by atoms with van der Waals surface area (Å²) in [5.74, 6) is 0.0610. The molecular weight excluding hydrogens is 200 g/mol. The summed E-state index contributed by atoms with van der Waals surface area (Å²) in [6, 6.07) is 8.17. The summed E-state index contributed by atoms with van der Waals surface area (Å²) in [4.78, 5) is 13.5. The van der Waals surface area contributed by atoms with E-state index in [0.717, 1.165) is 24.1 Å². The van der Waals surface area contributed by atoms with Crippen LogP contribution in [0.15, 0.2) is 18.2 Å². The van der Waals surface area contributed by atoms with Crippen molar-refractivity contribution in [1.29, 1.82) is 5.26 Å². The van der Waals surface area contributed by atoms with Crippen molar-refractivity contribution in [1.82, 2.24) is 0 Å². The smallest absolute Gasteiger partial charge is 0.227 e. The summed E-state index contributed by atoms with van der Waals surface area (Å²) in [5.41, 5.74) is 3.21. The number of anilines is 1. The van der Waals surface area contributed by atoms with Crippen LogP contribution in [0.5, 0.6) is 0 Å². The summed E-state index contributed by atoms with van der Waals surface area (Å²) in [6.07, 6.45) is 2.33. The molecule has 1 aliphatic rings. The average molecular weight is 214 g/mol. The van der Waals surface area contributed by atoms with Crippen LogP contribution in [0.4, 0.5) is 5.69 Å². The highest BCUT2D eigenvalue weighted by Crippen LogP contribution is 2.27. The Balaban J connectivity index is 2.48. The zero-order valence-electron chi connectivity index (χ0n) is 9.36. The Morgan fingerprint density at radius 1 is 1.44 bits per heavy atom. The van der Waals surface area contributed by atoms with E-state index in [2.05, 4.69) is 18.2 Å². The van der Waals surface area contributed by atoms with Gasteiger partial charge in [-0.15, -0.1) is 0 Å². The number of benzene rings is 1. The van der Waals surface area contributed by atoms with Crippen LogP contribution in [0.25, 0.3) is 0 Å². The molecule has 1 aromatic carbocycles. The lowest BCUT2D eigenvalue weighted by Crippen LogP contribution is -2.30. The molecule has 0 saturated heterocycles. The molecule has 0 fully saturated rings. The van der Waals surface area contributed by atoms with Gasteiger partial charge < -0.3 is 0 Å². The third-order valence-corrected chi connectivity index (χ3v) is 2.90. The molecule has 0 unspecified atom stereocenters. The maximum absolute atomic E-state index is 11.9. The number of amides is 1. The first kappa shape index (κ1) is 10.7. The van der Waals surface area contributed by atoms with Crippen molar-refractivity contribution < 1.29 is 4.79 Å². The number of hydrogen-bond donors (Lipinski definition) is 0. The monoisotopic (exact) mass is 214 g/mol. The largest absolute Gasteiger partial charge is 0.298 e. The second kappa shape index (κ2) is 4.36. The molecule has 3 nitrogen and oxygen atoms in total. The van der Waals surface area contributed by atoms with Gasteiger partial charge in [0.05, 0.1) is 6.07 Å². The lowest BCUT2D eigenvalue weighted by Gasteiger charge is -2.20. The van der Waals surface area contributed by atoms with Gasteiger partial charge in [0.2, 0.25) is 5.91 Å². The standard InChI is InChI=1S/C13H14N2O/c1-10-5-6-11-3-2-4-13(16)15(8-7-14)12(11)9-10/h5-6,9H,2-4,8H2,1H3. The molecule has 0 saturated carbocycles. The average Bonchev–Trinajstić information content (AvgIpc) is 2.41. The lowest BCUT2D eigenvalue weighted by molar-refractivity contribution is -0.118. The highest BCUT2D eigenvalue weighted by Gasteiger charge is 2.21. The van der Waals surface area contributed by atoms with Crippen LogP contribution < -0.4 is 4.90 Å². The zero-order valence-corrected chi connectivity index (χ0v) is 9.36. The second-order valence-corrected chi connectivity index (χ2v) is 4.12. The number of nitriles is 1. The van der Waals surface area contributed by atoms with Crippen molar-refractivity contribution in [2.24, 2.45) is 0 Å². The Bertz CT molecular complexity index is 459. The molecule has 3 heteroatoms. The van der Waals surface area contributed by atoms with Gasteiger partial charge in [-0.3, -0.25) is 9.69 Å². The Morgan fingerprint density at radius 2 is 2.25 bits per heavy atom. The van der Waals surface area contributed by atoms with E-state index in [9.17, 15) is 4.79 Å². The number of rotatable bonds is 1. The number of fused-ring (bicyclic) bond motifs is 1. The number of aryl methyl sites for hydroxylation is 2. The van der Waals surface area contributed by atoms with Crippen LogP contribution >= 0.6 is 0 Å². The zero-order chi connectivity index (χ0) is 11.5. The minimum absolute atomic E-state index is 0.0610. The fourth-order valence-corrected chi connectivity index (χ4v) is 2.08. The quantitative estimate of drug-likeness (QED) is 0.672. The molecule has 0 atom stereocenters. The Labute approximate surface area is 95.3 Å². The van der Waals surface area contributed by atoms with Crippen molar-refractivity contribution in [3.63, 3.8) is 0 Å². The molecule has 16 heavy (non-hydrogen) atoms. The maximum atomic E-state index is 11.9. The van der Waals surface area contributed by atoms with Gasteiger partial charge in [0.25, 0.3) is 0 Å². The van der Waals surface area contributed by atoms with Crippen LogP contribution in [0.3, 0.4) is 0 Å². The van der Waals surface area contributed by atoms with E-state index < -0.39 is 0 Å². The van der Waals surface area contributed by atoms with Gasteiger partial charge in [0.1, 0.15) is 6.54 Å². The molecule has 0 bridgehead atoms. The molecule has 0 aromatic heterocycles. The van der Waals surface area contributed by atoms with E-state index in [0.29, 0.717) is 6.42 Å². The highest BCUT2D eigenvalue weighted by atomic mass is 16.2. The summed E-state index contributed by atoms with van der Waals surface area (Å²) in [7, 11) is 0. The third kappa shape index (κ3) is 1.92. The minimum Gasteiger partial charge on any atom is -0.298 e. The van der Waals surface area contributed by atoms with Crippen LogP contribution in [0.2, 0.25) is 0 Å². The van der Waals surface area contributed by atoms with E-state index in [1.165, 1.54) is 5.56 Å². The van der Waals surface area contributed by atoms with E-state index in [1.54, 1.807) is 4.90 Å². The van der Waals surface area contributed by atoms with Crippen molar-refractivity contribution in [2.75, 3.05) is 11.4 Å². The molecule has 1 aliphatic heterocycles.